The molecule has 6 nitrogen and oxygen atoms in total. The van der Waals surface area contributed by atoms with Crippen LogP contribution >= 0.6 is 11.3 Å². The molecule has 0 bridgehead atoms. The summed E-state index contributed by atoms with van der Waals surface area (Å²) in [5, 5.41) is 5.07. The van der Waals surface area contributed by atoms with Crippen LogP contribution in [0.2, 0.25) is 0 Å². The van der Waals surface area contributed by atoms with Crippen molar-refractivity contribution in [1.29, 1.82) is 0 Å². The number of hydrogen-bond acceptors (Lipinski definition) is 5. The van der Waals surface area contributed by atoms with Crippen molar-refractivity contribution in [3.63, 3.8) is 0 Å². The van der Waals surface area contributed by atoms with E-state index in [1.807, 2.05) is 24.0 Å². The molecule has 1 fully saturated rings. The molecule has 1 saturated heterocycles. The molecule has 1 N–H and O–H groups in total. The monoisotopic (exact) mass is 401 g/mol. The lowest BCUT2D eigenvalue weighted by atomic mass is 9.94. The summed E-state index contributed by atoms with van der Waals surface area (Å²) in [7, 11) is 0. The fourth-order valence-electron chi connectivity index (χ4n) is 4.14. The van der Waals surface area contributed by atoms with Crippen LogP contribution in [-0.4, -0.2) is 47.3 Å². The zero-order chi connectivity index (χ0) is 19.5. The van der Waals surface area contributed by atoms with Gasteiger partial charge in [-0.15, -0.1) is 11.3 Å². The standard InChI is InChI=1S/C21H27N3O3S/c1-15(21(26)24-10-6-19-17(14-24)7-12-28-19)23-8-4-16(5-9-23)20(25)22-13-18-3-2-11-27-18/h2-3,7,11-12,15-16H,4-6,8-10,13-14H2,1H3,(H,22,25). The first-order chi connectivity index (χ1) is 13.6. The summed E-state index contributed by atoms with van der Waals surface area (Å²) in [5.41, 5.74) is 1.30. The fraction of sp³-hybridized carbons (Fsp3) is 0.524. The van der Waals surface area contributed by atoms with Gasteiger partial charge >= 0.3 is 0 Å². The average Bonchev–Trinajstić information content (AvgIpc) is 3.42. The topological polar surface area (TPSA) is 65.8 Å². The number of likely N-dealkylation sites (tertiary alicyclic amines) is 1. The van der Waals surface area contributed by atoms with E-state index in [1.165, 1.54) is 10.4 Å². The predicted molar refractivity (Wildman–Crippen MR) is 108 cm³/mol. The molecule has 0 aromatic carbocycles. The minimum Gasteiger partial charge on any atom is -0.467 e. The van der Waals surface area contributed by atoms with Gasteiger partial charge in [-0.05, 0) is 68.4 Å². The molecule has 1 atom stereocenters. The Morgan fingerprint density at radius 3 is 2.86 bits per heavy atom. The van der Waals surface area contributed by atoms with Crippen LogP contribution in [-0.2, 0) is 29.1 Å². The van der Waals surface area contributed by atoms with Gasteiger partial charge in [0.05, 0.1) is 18.8 Å². The molecular weight excluding hydrogens is 374 g/mol. The Hall–Kier alpha value is -2.12. The Bertz CT molecular complexity index is 809. The maximum atomic E-state index is 13.0. The maximum absolute atomic E-state index is 13.0. The molecule has 4 rings (SSSR count). The quantitative estimate of drug-likeness (QED) is 0.837. The van der Waals surface area contributed by atoms with E-state index >= 15 is 0 Å². The number of carbonyl (C=O) groups is 2. The minimum absolute atomic E-state index is 0.0110. The number of nitrogens with zero attached hydrogens (tertiary/aromatic N) is 2. The molecule has 1 unspecified atom stereocenters. The number of carbonyl (C=O) groups excluding carboxylic acids is 2. The van der Waals surface area contributed by atoms with E-state index in [0.717, 1.165) is 51.2 Å². The first-order valence-corrected chi connectivity index (χ1v) is 10.9. The SMILES string of the molecule is CC(C(=O)N1CCc2sccc2C1)N1CCC(C(=O)NCc2ccco2)CC1. The number of nitrogens with one attached hydrogen (secondary N) is 1. The van der Waals surface area contributed by atoms with Gasteiger partial charge < -0.3 is 14.6 Å². The second-order valence-electron chi connectivity index (χ2n) is 7.66. The van der Waals surface area contributed by atoms with Crippen LogP contribution in [0, 0.1) is 5.92 Å². The first kappa shape index (κ1) is 19.2. The molecule has 0 saturated carbocycles. The van der Waals surface area contributed by atoms with E-state index in [9.17, 15) is 9.59 Å². The number of piperidine rings is 1. The summed E-state index contributed by atoms with van der Waals surface area (Å²) in [5.74, 6) is 1.06. The molecule has 0 radical (unpaired) electrons. The smallest absolute Gasteiger partial charge is 0.239 e. The Morgan fingerprint density at radius 2 is 2.11 bits per heavy atom. The largest absolute Gasteiger partial charge is 0.467 e. The Balaban J connectivity index is 1.25. The van der Waals surface area contributed by atoms with Gasteiger partial charge in [-0.25, -0.2) is 0 Å². The lowest BCUT2D eigenvalue weighted by Gasteiger charge is -2.38. The van der Waals surface area contributed by atoms with Crippen molar-refractivity contribution in [2.75, 3.05) is 19.6 Å². The highest BCUT2D eigenvalue weighted by molar-refractivity contribution is 7.10. The van der Waals surface area contributed by atoms with E-state index < -0.39 is 0 Å². The second-order valence-corrected chi connectivity index (χ2v) is 8.66. The molecule has 0 aliphatic carbocycles. The molecule has 2 aromatic rings. The highest BCUT2D eigenvalue weighted by atomic mass is 32.1. The second kappa shape index (κ2) is 8.49. The van der Waals surface area contributed by atoms with Crippen molar-refractivity contribution in [3.05, 3.63) is 46.0 Å². The van der Waals surface area contributed by atoms with Crippen LogP contribution in [0.1, 0.15) is 36.0 Å². The molecule has 2 amide bonds. The molecule has 2 aliphatic rings. The summed E-state index contributed by atoms with van der Waals surface area (Å²) in [6, 6.07) is 5.68. The Morgan fingerprint density at radius 1 is 1.29 bits per heavy atom. The van der Waals surface area contributed by atoms with E-state index in [0.29, 0.717) is 6.54 Å². The lowest BCUT2D eigenvalue weighted by Crippen LogP contribution is -2.51. The molecular formula is C21H27N3O3S. The van der Waals surface area contributed by atoms with Crippen molar-refractivity contribution in [2.24, 2.45) is 5.92 Å². The van der Waals surface area contributed by atoms with Gasteiger partial charge in [0.1, 0.15) is 5.76 Å². The van der Waals surface area contributed by atoms with Crippen molar-refractivity contribution < 1.29 is 14.0 Å². The number of hydrogen-bond donors (Lipinski definition) is 1. The van der Waals surface area contributed by atoms with E-state index in [1.54, 1.807) is 17.6 Å². The molecule has 4 heterocycles. The number of thiophene rings is 1. The number of fused-ring (bicyclic) bond motifs is 1. The summed E-state index contributed by atoms with van der Waals surface area (Å²) < 4.78 is 5.26. The van der Waals surface area contributed by atoms with Crippen LogP contribution in [0.5, 0.6) is 0 Å². The van der Waals surface area contributed by atoms with Crippen molar-refractivity contribution in [1.82, 2.24) is 15.1 Å². The van der Waals surface area contributed by atoms with Crippen LogP contribution in [0.4, 0.5) is 0 Å². The van der Waals surface area contributed by atoms with Crippen molar-refractivity contribution in [2.45, 2.75) is 45.3 Å². The summed E-state index contributed by atoms with van der Waals surface area (Å²) in [6.45, 7) is 5.53. The van der Waals surface area contributed by atoms with Crippen LogP contribution < -0.4 is 5.32 Å². The van der Waals surface area contributed by atoms with Gasteiger partial charge in [0.25, 0.3) is 0 Å². The van der Waals surface area contributed by atoms with Gasteiger partial charge in [-0.3, -0.25) is 14.5 Å². The van der Waals surface area contributed by atoms with Gasteiger partial charge in [-0.1, -0.05) is 0 Å². The molecule has 2 aromatic heterocycles. The van der Waals surface area contributed by atoms with E-state index in [4.69, 9.17) is 4.42 Å². The summed E-state index contributed by atoms with van der Waals surface area (Å²) in [4.78, 5) is 31.0. The lowest BCUT2D eigenvalue weighted by molar-refractivity contribution is -0.138. The molecule has 2 aliphatic heterocycles. The number of rotatable bonds is 5. The maximum Gasteiger partial charge on any atom is 0.239 e. The first-order valence-electron chi connectivity index (χ1n) is 10.00. The van der Waals surface area contributed by atoms with Crippen LogP contribution in [0.25, 0.3) is 0 Å². The third kappa shape index (κ3) is 4.15. The number of furan rings is 1. The number of amides is 2. The van der Waals surface area contributed by atoms with Crippen LogP contribution in [0.3, 0.4) is 0 Å². The molecule has 0 spiro atoms. The Kier molecular flexibility index (Phi) is 5.82. The Labute approximate surface area is 169 Å². The highest BCUT2D eigenvalue weighted by Gasteiger charge is 2.32. The van der Waals surface area contributed by atoms with Crippen molar-refractivity contribution >= 4 is 23.2 Å². The minimum atomic E-state index is -0.132. The van der Waals surface area contributed by atoms with Gasteiger partial charge in [0, 0.05) is 23.9 Å². The van der Waals surface area contributed by atoms with Gasteiger partial charge in [-0.2, -0.15) is 0 Å². The third-order valence-corrected chi connectivity index (χ3v) is 6.96. The van der Waals surface area contributed by atoms with E-state index in [2.05, 4.69) is 21.7 Å². The summed E-state index contributed by atoms with van der Waals surface area (Å²) >= 11 is 1.79. The molecule has 150 valence electrons. The highest BCUT2D eigenvalue weighted by Crippen LogP contribution is 2.26. The predicted octanol–water partition coefficient (Wildman–Crippen LogP) is 2.64. The molecule has 28 heavy (non-hydrogen) atoms. The third-order valence-electron chi connectivity index (χ3n) is 5.94. The van der Waals surface area contributed by atoms with Crippen molar-refractivity contribution in [3.8, 4) is 0 Å². The normalized spacial score (nSPS) is 19.2. The van der Waals surface area contributed by atoms with Gasteiger partial charge in [0.2, 0.25) is 11.8 Å². The van der Waals surface area contributed by atoms with Crippen LogP contribution in [0.15, 0.2) is 34.3 Å². The fourth-order valence-corrected chi connectivity index (χ4v) is 5.03. The zero-order valence-electron chi connectivity index (χ0n) is 16.2. The van der Waals surface area contributed by atoms with Gasteiger partial charge in [0.15, 0.2) is 0 Å². The summed E-state index contributed by atoms with van der Waals surface area (Å²) in [6.07, 6.45) is 4.15. The zero-order valence-corrected chi connectivity index (χ0v) is 17.0. The molecule has 7 heteroatoms. The van der Waals surface area contributed by atoms with E-state index in [-0.39, 0.29) is 23.8 Å². The average molecular weight is 402 g/mol.